The minimum atomic E-state index is -0.189. The highest BCUT2D eigenvalue weighted by Crippen LogP contribution is 2.11. The number of rotatable bonds is 8. The molecule has 132 valence electrons. The maximum Gasteiger partial charge on any atom is 0.239 e. The molecule has 0 radical (unpaired) electrons. The third-order valence-corrected chi connectivity index (χ3v) is 3.79. The molecule has 0 aliphatic heterocycles. The van der Waals surface area contributed by atoms with Crippen LogP contribution in [-0.2, 0) is 22.4 Å². The Morgan fingerprint density at radius 3 is 2.40 bits per heavy atom. The first-order valence-corrected chi connectivity index (χ1v) is 8.28. The van der Waals surface area contributed by atoms with Crippen LogP contribution in [0.25, 0.3) is 0 Å². The second-order valence-corrected chi connectivity index (χ2v) is 5.89. The van der Waals surface area contributed by atoms with Gasteiger partial charge in [-0.3, -0.25) is 9.59 Å². The van der Waals surface area contributed by atoms with E-state index in [2.05, 4.69) is 10.6 Å². The van der Waals surface area contributed by atoms with Crippen LogP contribution in [0.1, 0.15) is 16.7 Å². The first-order chi connectivity index (χ1) is 12.1. The third-order valence-electron chi connectivity index (χ3n) is 3.79. The Hall–Kier alpha value is -2.82. The van der Waals surface area contributed by atoms with Crippen LogP contribution in [0, 0.1) is 6.92 Å². The Kier molecular flexibility index (Phi) is 7.01. The summed E-state index contributed by atoms with van der Waals surface area (Å²) >= 11 is 0. The van der Waals surface area contributed by atoms with Crippen LogP contribution in [0.5, 0.6) is 5.75 Å². The largest absolute Gasteiger partial charge is 0.497 e. The molecule has 2 aromatic carbocycles. The topological polar surface area (TPSA) is 67.4 Å². The van der Waals surface area contributed by atoms with Gasteiger partial charge in [0.15, 0.2) is 0 Å². The van der Waals surface area contributed by atoms with Gasteiger partial charge in [0.25, 0.3) is 0 Å². The fraction of sp³-hybridized carbons (Fsp3) is 0.300. The lowest BCUT2D eigenvalue weighted by molar-refractivity contribution is -0.125. The highest BCUT2D eigenvalue weighted by Gasteiger charge is 2.06. The average Bonchev–Trinajstić information content (AvgIpc) is 2.60. The molecule has 0 aromatic heterocycles. The Bertz CT molecular complexity index is 711. The van der Waals surface area contributed by atoms with Crippen molar-refractivity contribution in [3.8, 4) is 5.75 Å². The molecule has 2 amide bonds. The number of carbonyl (C=O) groups is 2. The van der Waals surface area contributed by atoms with Gasteiger partial charge >= 0.3 is 0 Å². The fourth-order valence-corrected chi connectivity index (χ4v) is 2.45. The van der Waals surface area contributed by atoms with Gasteiger partial charge in [-0.15, -0.1) is 0 Å². The van der Waals surface area contributed by atoms with Crippen LogP contribution in [-0.4, -0.2) is 32.0 Å². The number of nitrogens with one attached hydrogen (secondary N) is 2. The van der Waals surface area contributed by atoms with Crippen molar-refractivity contribution in [1.82, 2.24) is 10.6 Å². The SMILES string of the molecule is COc1ccc(CCNC(=O)CNC(=O)Cc2cccc(C)c2)cc1. The number of hydrogen-bond donors (Lipinski definition) is 2. The van der Waals surface area contributed by atoms with Crippen molar-refractivity contribution in [2.24, 2.45) is 0 Å². The van der Waals surface area contributed by atoms with Gasteiger partial charge in [0.1, 0.15) is 5.75 Å². The zero-order valence-electron chi connectivity index (χ0n) is 14.7. The predicted octanol–water partition coefficient (Wildman–Crippen LogP) is 2.02. The van der Waals surface area contributed by atoms with E-state index >= 15 is 0 Å². The number of benzene rings is 2. The molecule has 0 fully saturated rings. The zero-order valence-corrected chi connectivity index (χ0v) is 14.7. The van der Waals surface area contributed by atoms with E-state index in [1.807, 2.05) is 55.5 Å². The van der Waals surface area contributed by atoms with E-state index in [0.717, 1.165) is 28.9 Å². The van der Waals surface area contributed by atoms with Crippen molar-refractivity contribution >= 4 is 11.8 Å². The first-order valence-electron chi connectivity index (χ1n) is 8.28. The molecular weight excluding hydrogens is 316 g/mol. The molecule has 0 heterocycles. The maximum absolute atomic E-state index is 11.9. The molecule has 0 spiro atoms. The summed E-state index contributed by atoms with van der Waals surface area (Å²) in [5.41, 5.74) is 3.17. The predicted molar refractivity (Wildman–Crippen MR) is 97.6 cm³/mol. The summed E-state index contributed by atoms with van der Waals surface area (Å²) in [6.07, 6.45) is 1.01. The number of ether oxygens (including phenoxy) is 1. The van der Waals surface area contributed by atoms with Gasteiger partial charge in [-0.1, -0.05) is 42.0 Å². The molecular formula is C20H24N2O3. The maximum atomic E-state index is 11.9. The molecule has 0 atom stereocenters. The van der Waals surface area contributed by atoms with Gasteiger partial charge in [-0.25, -0.2) is 0 Å². The molecule has 2 aromatic rings. The van der Waals surface area contributed by atoms with E-state index in [1.54, 1.807) is 7.11 Å². The van der Waals surface area contributed by atoms with E-state index in [-0.39, 0.29) is 24.8 Å². The summed E-state index contributed by atoms with van der Waals surface area (Å²) in [4.78, 5) is 23.7. The van der Waals surface area contributed by atoms with E-state index in [9.17, 15) is 9.59 Å². The van der Waals surface area contributed by atoms with Crippen LogP contribution in [0.2, 0.25) is 0 Å². The Morgan fingerprint density at radius 1 is 0.960 bits per heavy atom. The molecule has 0 aliphatic carbocycles. The number of carbonyl (C=O) groups excluding carboxylic acids is 2. The smallest absolute Gasteiger partial charge is 0.239 e. The molecule has 2 rings (SSSR count). The van der Waals surface area contributed by atoms with E-state index in [4.69, 9.17) is 4.74 Å². The average molecular weight is 340 g/mol. The van der Waals surface area contributed by atoms with E-state index in [1.165, 1.54) is 0 Å². The van der Waals surface area contributed by atoms with Gasteiger partial charge < -0.3 is 15.4 Å². The van der Waals surface area contributed by atoms with Crippen molar-refractivity contribution < 1.29 is 14.3 Å². The van der Waals surface area contributed by atoms with Crippen molar-refractivity contribution in [2.75, 3.05) is 20.2 Å². The van der Waals surface area contributed by atoms with E-state index < -0.39 is 0 Å². The number of methoxy groups -OCH3 is 1. The normalized spacial score (nSPS) is 10.2. The monoisotopic (exact) mass is 340 g/mol. The van der Waals surface area contributed by atoms with Crippen molar-refractivity contribution in [2.45, 2.75) is 19.8 Å². The summed E-state index contributed by atoms with van der Waals surface area (Å²) < 4.78 is 5.11. The second-order valence-electron chi connectivity index (χ2n) is 5.89. The molecule has 0 saturated heterocycles. The lowest BCUT2D eigenvalue weighted by Gasteiger charge is -2.08. The molecule has 0 unspecified atom stereocenters. The number of aryl methyl sites for hydroxylation is 1. The summed E-state index contributed by atoms with van der Waals surface area (Å²) in [5, 5.41) is 5.45. The Morgan fingerprint density at radius 2 is 1.72 bits per heavy atom. The first kappa shape index (κ1) is 18.5. The lowest BCUT2D eigenvalue weighted by Crippen LogP contribution is -2.38. The van der Waals surface area contributed by atoms with Gasteiger partial charge in [-0.2, -0.15) is 0 Å². The number of hydrogen-bond acceptors (Lipinski definition) is 3. The molecule has 5 nitrogen and oxygen atoms in total. The summed E-state index contributed by atoms with van der Waals surface area (Å²) in [5.74, 6) is 0.464. The van der Waals surface area contributed by atoms with Crippen LogP contribution in [0.4, 0.5) is 0 Å². The minimum absolute atomic E-state index is 0.00668. The highest BCUT2D eigenvalue weighted by atomic mass is 16.5. The summed E-state index contributed by atoms with van der Waals surface area (Å²) in [6.45, 7) is 2.50. The highest BCUT2D eigenvalue weighted by molar-refractivity contribution is 5.85. The fourth-order valence-electron chi connectivity index (χ4n) is 2.45. The summed E-state index contributed by atoms with van der Waals surface area (Å²) in [7, 11) is 1.63. The summed E-state index contributed by atoms with van der Waals surface area (Å²) in [6, 6.07) is 15.5. The third kappa shape index (κ3) is 6.67. The van der Waals surface area contributed by atoms with Gasteiger partial charge in [0.05, 0.1) is 20.1 Å². The van der Waals surface area contributed by atoms with Gasteiger partial charge in [0, 0.05) is 6.54 Å². The minimum Gasteiger partial charge on any atom is -0.497 e. The zero-order chi connectivity index (χ0) is 18.1. The molecule has 0 bridgehead atoms. The molecule has 0 aliphatic rings. The Balaban J connectivity index is 1.65. The van der Waals surface area contributed by atoms with Gasteiger partial charge in [0.2, 0.25) is 11.8 Å². The van der Waals surface area contributed by atoms with E-state index in [0.29, 0.717) is 6.54 Å². The Labute approximate surface area is 148 Å². The molecule has 5 heteroatoms. The quantitative estimate of drug-likeness (QED) is 0.773. The number of amides is 2. The van der Waals surface area contributed by atoms with Crippen molar-refractivity contribution in [1.29, 1.82) is 0 Å². The standard InChI is InChI=1S/C20H24N2O3/c1-15-4-3-5-17(12-15)13-19(23)22-14-20(24)21-11-10-16-6-8-18(25-2)9-7-16/h3-9,12H,10-11,13-14H2,1-2H3,(H,21,24)(H,22,23). The van der Waals surface area contributed by atoms with Crippen molar-refractivity contribution in [3.63, 3.8) is 0 Å². The second kappa shape index (κ2) is 9.47. The molecule has 25 heavy (non-hydrogen) atoms. The van der Waals surface area contributed by atoms with Crippen LogP contribution in [0.15, 0.2) is 48.5 Å². The molecule has 2 N–H and O–H groups in total. The van der Waals surface area contributed by atoms with Crippen molar-refractivity contribution in [3.05, 3.63) is 65.2 Å². The van der Waals surface area contributed by atoms with Crippen LogP contribution in [0.3, 0.4) is 0 Å². The van der Waals surface area contributed by atoms with Crippen LogP contribution < -0.4 is 15.4 Å². The lowest BCUT2D eigenvalue weighted by atomic mass is 10.1. The van der Waals surface area contributed by atoms with Gasteiger partial charge in [-0.05, 0) is 36.6 Å². The van der Waals surface area contributed by atoms with Crippen LogP contribution >= 0.6 is 0 Å². The molecule has 0 saturated carbocycles.